The normalized spacial score (nSPS) is 17.3. The number of nitrogens with zero attached hydrogens (tertiary/aromatic N) is 5. The smallest absolute Gasteiger partial charge is 0.255 e. The molecule has 0 bridgehead atoms. The molecule has 1 N–H and O–H groups in total. The van der Waals surface area contributed by atoms with Crippen LogP contribution in [0.3, 0.4) is 0 Å². The number of fused-ring (bicyclic) bond motifs is 2. The Morgan fingerprint density at radius 1 is 1.20 bits per heavy atom. The molecular weight excluding hydrogens is 589 g/mol. The zero-order valence-electron chi connectivity index (χ0n) is 22.5. The zero-order valence-corrected chi connectivity index (χ0v) is 24.1. The van der Waals surface area contributed by atoms with Gasteiger partial charge in [-0.25, -0.2) is 9.37 Å². The van der Waals surface area contributed by atoms with Gasteiger partial charge in [-0.15, -0.1) is 0 Å². The average Bonchev–Trinajstić information content (AvgIpc) is 3.52. The van der Waals surface area contributed by atoms with Gasteiger partial charge in [0.1, 0.15) is 17.7 Å². The summed E-state index contributed by atoms with van der Waals surface area (Å²) in [6, 6.07) is 16.8. The maximum absolute atomic E-state index is 13.9. The predicted molar refractivity (Wildman–Crippen MR) is 157 cm³/mol. The van der Waals surface area contributed by atoms with Crippen molar-refractivity contribution in [2.24, 2.45) is 7.05 Å². The summed E-state index contributed by atoms with van der Waals surface area (Å²) in [5, 5.41) is 20.7. The average molecular weight is 616 g/mol. The van der Waals surface area contributed by atoms with Gasteiger partial charge in [0, 0.05) is 41.8 Å². The molecule has 1 aliphatic rings. The van der Waals surface area contributed by atoms with Crippen LogP contribution in [-0.2, 0) is 18.3 Å². The van der Waals surface area contributed by atoms with Crippen molar-refractivity contribution in [2.45, 2.75) is 25.6 Å². The van der Waals surface area contributed by atoms with E-state index in [-0.39, 0.29) is 24.9 Å². The van der Waals surface area contributed by atoms with Gasteiger partial charge in [0.15, 0.2) is 0 Å². The van der Waals surface area contributed by atoms with E-state index in [2.05, 4.69) is 33.5 Å². The van der Waals surface area contributed by atoms with Crippen molar-refractivity contribution in [3.05, 3.63) is 87.8 Å². The van der Waals surface area contributed by atoms with Crippen LogP contribution in [-0.4, -0.2) is 55.8 Å². The van der Waals surface area contributed by atoms with E-state index in [1.807, 2.05) is 42.1 Å². The quantitative estimate of drug-likeness (QED) is 0.279. The van der Waals surface area contributed by atoms with Gasteiger partial charge in [-0.05, 0) is 64.8 Å². The number of nitriles is 1. The van der Waals surface area contributed by atoms with Crippen molar-refractivity contribution in [3.63, 3.8) is 0 Å². The molecule has 10 heteroatoms. The van der Waals surface area contributed by atoms with Crippen molar-refractivity contribution >= 4 is 43.8 Å². The molecule has 2 aromatic heterocycles. The second-order valence-corrected chi connectivity index (χ2v) is 10.9. The molecule has 1 aliphatic heterocycles. The van der Waals surface area contributed by atoms with Gasteiger partial charge in [0.05, 0.1) is 53.0 Å². The number of aliphatic hydroxyl groups is 1. The number of carbonyl (C=O) groups is 1. The lowest BCUT2D eigenvalue weighted by atomic mass is 9.98. The van der Waals surface area contributed by atoms with Crippen LogP contribution >= 0.6 is 15.9 Å². The molecular formula is C31H27BrFN5O3. The summed E-state index contributed by atoms with van der Waals surface area (Å²) >= 11 is 3.59. The summed E-state index contributed by atoms with van der Waals surface area (Å²) in [6.07, 6.45) is 1.46. The minimum atomic E-state index is -0.634. The molecule has 5 aromatic rings. The topological polar surface area (TPSA) is 96.3 Å². The number of benzene rings is 3. The highest BCUT2D eigenvalue weighted by molar-refractivity contribution is 9.10. The minimum absolute atomic E-state index is 0.248. The molecule has 0 spiro atoms. The highest BCUT2D eigenvalue weighted by Gasteiger charge is 2.37. The van der Waals surface area contributed by atoms with E-state index in [4.69, 9.17) is 9.72 Å². The molecule has 2 unspecified atom stereocenters. The Kier molecular flexibility index (Phi) is 7.11. The van der Waals surface area contributed by atoms with E-state index in [0.717, 1.165) is 39.9 Å². The number of aromatic nitrogens is 3. The maximum Gasteiger partial charge on any atom is 0.255 e. The number of aryl methyl sites for hydroxylation is 2. The van der Waals surface area contributed by atoms with Crippen molar-refractivity contribution in [1.82, 2.24) is 19.0 Å². The molecule has 0 aliphatic carbocycles. The second-order valence-electron chi connectivity index (χ2n) is 10.1. The maximum atomic E-state index is 13.9. The van der Waals surface area contributed by atoms with Crippen LogP contribution in [0.1, 0.15) is 34.5 Å². The number of hydrogen-bond donors (Lipinski definition) is 1. The van der Waals surface area contributed by atoms with E-state index in [1.165, 1.54) is 12.1 Å². The number of amides is 1. The summed E-state index contributed by atoms with van der Waals surface area (Å²) < 4.78 is 24.1. The first-order chi connectivity index (χ1) is 19.8. The fourth-order valence-electron chi connectivity index (χ4n) is 5.71. The number of halogens is 2. The van der Waals surface area contributed by atoms with Crippen molar-refractivity contribution in [3.8, 4) is 17.5 Å². The SMILES string of the molecule is CCn1cc(-c2nc3cc(Br)c(C(=O)N4CCOC(c5ccc(F)cc5)C4CO)cc3n2C)c2ccc(C#N)cc21. The highest BCUT2D eigenvalue weighted by atomic mass is 79.9. The molecule has 1 fully saturated rings. The third-order valence-electron chi connectivity index (χ3n) is 7.82. The van der Waals surface area contributed by atoms with E-state index in [9.17, 15) is 19.6 Å². The fraction of sp³-hybridized carbons (Fsp3) is 0.258. The lowest BCUT2D eigenvalue weighted by Crippen LogP contribution is -2.52. The molecule has 41 heavy (non-hydrogen) atoms. The second kappa shape index (κ2) is 10.7. The molecule has 0 saturated carbocycles. The number of aliphatic hydroxyl groups excluding tert-OH is 1. The monoisotopic (exact) mass is 615 g/mol. The molecule has 3 heterocycles. The first-order valence-electron chi connectivity index (χ1n) is 13.3. The molecule has 8 nitrogen and oxygen atoms in total. The molecule has 6 rings (SSSR count). The summed E-state index contributed by atoms with van der Waals surface area (Å²) in [6.45, 7) is 3.08. The van der Waals surface area contributed by atoms with Crippen LogP contribution in [0.15, 0.2) is 65.3 Å². The Bertz CT molecular complexity index is 1840. The largest absolute Gasteiger partial charge is 0.394 e. The highest BCUT2D eigenvalue weighted by Crippen LogP contribution is 2.36. The van der Waals surface area contributed by atoms with Crippen molar-refractivity contribution in [1.29, 1.82) is 5.26 Å². The third kappa shape index (κ3) is 4.60. The number of hydrogen-bond acceptors (Lipinski definition) is 5. The predicted octanol–water partition coefficient (Wildman–Crippen LogP) is 5.56. The zero-order chi connectivity index (χ0) is 28.8. The van der Waals surface area contributed by atoms with Gasteiger partial charge in [-0.1, -0.05) is 18.2 Å². The Labute approximate surface area is 244 Å². The van der Waals surface area contributed by atoms with Crippen LogP contribution in [0, 0.1) is 17.1 Å². The molecule has 3 aromatic carbocycles. The number of ether oxygens (including phenoxy) is 1. The van der Waals surface area contributed by atoms with Gasteiger partial charge in [0.25, 0.3) is 5.91 Å². The Morgan fingerprint density at radius 2 is 1.98 bits per heavy atom. The third-order valence-corrected chi connectivity index (χ3v) is 8.47. The summed E-state index contributed by atoms with van der Waals surface area (Å²) in [5.41, 5.74) is 5.14. The first kappa shape index (κ1) is 27.1. The van der Waals surface area contributed by atoms with E-state index < -0.39 is 12.1 Å². The van der Waals surface area contributed by atoms with Crippen LogP contribution in [0.5, 0.6) is 0 Å². The number of rotatable bonds is 5. The van der Waals surface area contributed by atoms with E-state index >= 15 is 0 Å². The van der Waals surface area contributed by atoms with Gasteiger partial charge in [-0.3, -0.25) is 4.79 Å². The molecule has 1 amide bonds. The van der Waals surface area contributed by atoms with Crippen LogP contribution in [0.4, 0.5) is 4.39 Å². The summed E-state index contributed by atoms with van der Waals surface area (Å²) in [7, 11) is 1.92. The molecule has 208 valence electrons. The van der Waals surface area contributed by atoms with Gasteiger partial charge >= 0.3 is 0 Å². The van der Waals surface area contributed by atoms with Gasteiger partial charge < -0.3 is 23.9 Å². The minimum Gasteiger partial charge on any atom is -0.394 e. The van der Waals surface area contributed by atoms with Gasteiger partial charge in [0.2, 0.25) is 0 Å². The molecule has 2 atom stereocenters. The number of imidazole rings is 1. The lowest BCUT2D eigenvalue weighted by molar-refractivity contribution is -0.0752. The van der Waals surface area contributed by atoms with Crippen LogP contribution in [0.2, 0.25) is 0 Å². The Balaban J connectivity index is 1.40. The summed E-state index contributed by atoms with van der Waals surface area (Å²) in [5.74, 6) is 0.133. The standard InChI is InChI=1S/C31H27BrFN5O3/c1-3-37-16-23(21-9-4-18(15-34)12-26(21)37)30-35-25-14-24(32)22(13-27(25)36(30)2)31(40)38-10-11-41-29(28(38)17-39)19-5-7-20(33)8-6-19/h4-9,12-14,16,28-29,39H,3,10-11,17H2,1-2H3. The van der Waals surface area contributed by atoms with E-state index in [1.54, 1.807) is 23.1 Å². The van der Waals surface area contributed by atoms with Crippen molar-refractivity contribution in [2.75, 3.05) is 19.8 Å². The van der Waals surface area contributed by atoms with Gasteiger partial charge in [-0.2, -0.15) is 5.26 Å². The molecule has 0 radical (unpaired) electrons. The first-order valence-corrected chi connectivity index (χ1v) is 14.1. The number of morpholine rings is 1. The summed E-state index contributed by atoms with van der Waals surface area (Å²) in [4.78, 5) is 20.5. The van der Waals surface area contributed by atoms with Crippen LogP contribution < -0.4 is 0 Å². The fourth-order valence-corrected chi connectivity index (χ4v) is 6.21. The van der Waals surface area contributed by atoms with Crippen LogP contribution in [0.25, 0.3) is 33.3 Å². The molecule has 1 saturated heterocycles. The lowest BCUT2D eigenvalue weighted by Gasteiger charge is -2.40. The number of carbonyl (C=O) groups excluding carboxylic acids is 1. The van der Waals surface area contributed by atoms with Crippen molar-refractivity contribution < 1.29 is 19.0 Å². The van der Waals surface area contributed by atoms with E-state index in [0.29, 0.717) is 27.7 Å². The Morgan fingerprint density at radius 3 is 2.68 bits per heavy atom. The Hall–Kier alpha value is -4.04.